The van der Waals surface area contributed by atoms with Crippen molar-refractivity contribution in [2.45, 2.75) is 0 Å². The average Bonchev–Trinajstić information content (AvgIpc) is 2.79. The van der Waals surface area contributed by atoms with E-state index in [2.05, 4.69) is 18.2 Å². The molecule has 0 saturated carbocycles. The molecule has 0 radical (unpaired) electrons. The van der Waals surface area contributed by atoms with Gasteiger partial charge in [-0.05, 0) is 52.6 Å². The summed E-state index contributed by atoms with van der Waals surface area (Å²) in [7, 11) is 3.29. The summed E-state index contributed by atoms with van der Waals surface area (Å²) in [5, 5.41) is 11.3. The monoisotopic (exact) mass is 382 g/mol. The zero-order chi connectivity index (χ0) is 20.2. The summed E-state index contributed by atoms with van der Waals surface area (Å²) in [6.07, 6.45) is 0. The van der Waals surface area contributed by atoms with Crippen molar-refractivity contribution in [2.24, 2.45) is 0 Å². The van der Waals surface area contributed by atoms with E-state index in [1.54, 1.807) is 14.2 Å². The van der Waals surface area contributed by atoms with Crippen molar-refractivity contribution in [1.82, 2.24) is 0 Å². The molecule has 0 unspecified atom stereocenters. The Morgan fingerprint density at radius 3 is 1.55 bits per heavy atom. The largest absolute Gasteiger partial charge is 0.507 e. The third-order valence-electron chi connectivity index (χ3n) is 5.04. The Kier molecular flexibility index (Phi) is 5.21. The summed E-state index contributed by atoms with van der Waals surface area (Å²) >= 11 is 0. The zero-order valence-corrected chi connectivity index (χ0v) is 16.4. The number of hydrogen-bond donors (Lipinski definition) is 1. The highest BCUT2D eigenvalue weighted by molar-refractivity contribution is 5.93. The Hall–Kier alpha value is -3.72. The number of rotatable bonds is 5. The molecule has 1 N–H and O–H groups in total. The van der Waals surface area contributed by atoms with Crippen LogP contribution < -0.4 is 9.47 Å². The standard InChI is InChI=1S/C26H22O3/c1-28-21-12-8-19(9-13-21)24-17-16-23(18-6-4-3-5-7-18)25(26(24)27)20-10-14-22(29-2)15-11-20/h3-17,27H,1-2H3. The number of hydrogen-bond acceptors (Lipinski definition) is 3. The smallest absolute Gasteiger partial charge is 0.131 e. The molecule has 0 aliphatic rings. The first-order chi connectivity index (χ1) is 14.2. The Morgan fingerprint density at radius 1 is 0.517 bits per heavy atom. The van der Waals surface area contributed by atoms with Crippen LogP contribution in [0.15, 0.2) is 91.0 Å². The van der Waals surface area contributed by atoms with Gasteiger partial charge in [0.15, 0.2) is 0 Å². The molecule has 0 aliphatic carbocycles. The van der Waals surface area contributed by atoms with Crippen LogP contribution in [0.4, 0.5) is 0 Å². The topological polar surface area (TPSA) is 38.7 Å². The van der Waals surface area contributed by atoms with Crippen LogP contribution in [-0.4, -0.2) is 19.3 Å². The molecule has 0 aromatic heterocycles. The van der Waals surface area contributed by atoms with Crippen LogP contribution in [0.2, 0.25) is 0 Å². The fourth-order valence-corrected chi connectivity index (χ4v) is 3.50. The Morgan fingerprint density at radius 2 is 1.00 bits per heavy atom. The fraction of sp³-hybridized carbons (Fsp3) is 0.0769. The van der Waals surface area contributed by atoms with E-state index in [4.69, 9.17) is 9.47 Å². The Bertz CT molecular complexity index is 1100. The fourth-order valence-electron chi connectivity index (χ4n) is 3.50. The van der Waals surface area contributed by atoms with Gasteiger partial charge >= 0.3 is 0 Å². The van der Waals surface area contributed by atoms with Gasteiger partial charge in [-0.15, -0.1) is 0 Å². The molecule has 0 bridgehead atoms. The van der Waals surface area contributed by atoms with E-state index in [0.717, 1.165) is 44.9 Å². The Balaban J connectivity index is 1.92. The lowest BCUT2D eigenvalue weighted by Crippen LogP contribution is -1.91. The van der Waals surface area contributed by atoms with Crippen LogP contribution in [0.25, 0.3) is 33.4 Å². The second-order valence-electron chi connectivity index (χ2n) is 6.71. The van der Waals surface area contributed by atoms with Crippen molar-refractivity contribution in [1.29, 1.82) is 0 Å². The van der Waals surface area contributed by atoms with Gasteiger partial charge in [-0.2, -0.15) is 0 Å². The van der Waals surface area contributed by atoms with Gasteiger partial charge in [0.25, 0.3) is 0 Å². The lowest BCUT2D eigenvalue weighted by molar-refractivity contribution is 0.415. The second kappa shape index (κ2) is 8.11. The van der Waals surface area contributed by atoms with Crippen molar-refractivity contribution in [3.63, 3.8) is 0 Å². The van der Waals surface area contributed by atoms with Crippen LogP contribution in [-0.2, 0) is 0 Å². The third kappa shape index (κ3) is 3.67. The minimum Gasteiger partial charge on any atom is -0.507 e. The number of phenolic OH excluding ortho intramolecular Hbond substituents is 1. The highest BCUT2D eigenvalue weighted by Gasteiger charge is 2.17. The molecular weight excluding hydrogens is 360 g/mol. The second-order valence-corrected chi connectivity index (χ2v) is 6.71. The summed E-state index contributed by atoms with van der Waals surface area (Å²) in [6, 6.07) is 29.6. The minimum atomic E-state index is 0.252. The van der Waals surface area contributed by atoms with Gasteiger partial charge in [0.2, 0.25) is 0 Å². The first-order valence-corrected chi connectivity index (χ1v) is 9.41. The SMILES string of the molecule is COc1ccc(-c2ccc(-c3ccccc3)c(-c3ccc(OC)cc3)c2O)cc1. The lowest BCUT2D eigenvalue weighted by Gasteiger charge is -2.16. The van der Waals surface area contributed by atoms with Gasteiger partial charge in [0.1, 0.15) is 17.2 Å². The van der Waals surface area contributed by atoms with Crippen LogP contribution in [0.1, 0.15) is 0 Å². The van der Waals surface area contributed by atoms with Gasteiger partial charge in [0.05, 0.1) is 14.2 Å². The number of ether oxygens (including phenoxy) is 2. The molecule has 0 amide bonds. The van der Waals surface area contributed by atoms with E-state index in [1.807, 2.05) is 72.8 Å². The van der Waals surface area contributed by atoms with Gasteiger partial charge in [-0.3, -0.25) is 0 Å². The van der Waals surface area contributed by atoms with Crippen molar-refractivity contribution < 1.29 is 14.6 Å². The van der Waals surface area contributed by atoms with Crippen molar-refractivity contribution in [2.75, 3.05) is 14.2 Å². The van der Waals surface area contributed by atoms with Crippen LogP contribution in [0.3, 0.4) is 0 Å². The Labute approximate surface area is 170 Å². The van der Waals surface area contributed by atoms with Crippen molar-refractivity contribution in [3.8, 4) is 50.6 Å². The first kappa shape index (κ1) is 18.6. The molecule has 29 heavy (non-hydrogen) atoms. The molecule has 0 atom stereocenters. The van der Waals surface area contributed by atoms with E-state index in [0.29, 0.717) is 0 Å². The highest BCUT2D eigenvalue weighted by atomic mass is 16.5. The molecule has 0 heterocycles. The maximum atomic E-state index is 11.3. The van der Waals surface area contributed by atoms with E-state index in [-0.39, 0.29) is 5.75 Å². The third-order valence-corrected chi connectivity index (χ3v) is 5.04. The molecule has 0 aliphatic heterocycles. The predicted molar refractivity (Wildman–Crippen MR) is 118 cm³/mol. The molecular formula is C26H22O3. The van der Waals surface area contributed by atoms with Gasteiger partial charge in [-0.1, -0.05) is 60.7 Å². The highest BCUT2D eigenvalue weighted by Crippen LogP contribution is 2.44. The van der Waals surface area contributed by atoms with Crippen molar-refractivity contribution in [3.05, 3.63) is 91.0 Å². The number of phenols is 1. The summed E-state index contributed by atoms with van der Waals surface area (Å²) in [6.45, 7) is 0. The predicted octanol–water partition coefficient (Wildman–Crippen LogP) is 6.41. The number of aromatic hydroxyl groups is 1. The van der Waals surface area contributed by atoms with Crippen molar-refractivity contribution >= 4 is 0 Å². The van der Waals surface area contributed by atoms with Crippen LogP contribution in [0, 0.1) is 0 Å². The number of benzene rings is 4. The quantitative estimate of drug-likeness (QED) is 0.433. The first-order valence-electron chi connectivity index (χ1n) is 9.41. The molecule has 4 rings (SSSR count). The molecule has 0 spiro atoms. The molecule has 0 saturated heterocycles. The van der Waals surface area contributed by atoms with Crippen LogP contribution in [0.5, 0.6) is 17.2 Å². The normalized spacial score (nSPS) is 10.6. The van der Waals surface area contributed by atoms with E-state index >= 15 is 0 Å². The average molecular weight is 382 g/mol. The molecule has 144 valence electrons. The van der Waals surface area contributed by atoms with Crippen LogP contribution >= 0.6 is 0 Å². The van der Waals surface area contributed by atoms with E-state index < -0.39 is 0 Å². The molecule has 0 fully saturated rings. The summed E-state index contributed by atoms with van der Waals surface area (Å²) in [5.41, 5.74) is 5.46. The minimum absolute atomic E-state index is 0.252. The van der Waals surface area contributed by atoms with E-state index in [1.165, 1.54) is 0 Å². The summed E-state index contributed by atoms with van der Waals surface area (Å²) in [4.78, 5) is 0. The van der Waals surface area contributed by atoms with Gasteiger partial charge in [0, 0.05) is 11.1 Å². The summed E-state index contributed by atoms with van der Waals surface area (Å²) < 4.78 is 10.5. The molecule has 3 nitrogen and oxygen atoms in total. The summed E-state index contributed by atoms with van der Waals surface area (Å²) in [5.74, 6) is 1.81. The maximum Gasteiger partial charge on any atom is 0.131 e. The number of methoxy groups -OCH3 is 2. The maximum absolute atomic E-state index is 11.3. The van der Waals surface area contributed by atoms with Gasteiger partial charge in [-0.25, -0.2) is 0 Å². The van der Waals surface area contributed by atoms with E-state index in [9.17, 15) is 5.11 Å². The molecule has 4 aromatic rings. The molecule has 4 aromatic carbocycles. The zero-order valence-electron chi connectivity index (χ0n) is 16.4. The lowest BCUT2D eigenvalue weighted by atomic mass is 9.90. The van der Waals surface area contributed by atoms with Gasteiger partial charge < -0.3 is 14.6 Å². The molecule has 3 heteroatoms.